The van der Waals surface area contributed by atoms with Crippen LogP contribution in [0.25, 0.3) is 21.8 Å². The number of fused-ring (bicyclic) bond motifs is 4. The Hall–Kier alpha value is -2.82. The summed E-state index contributed by atoms with van der Waals surface area (Å²) in [6.07, 6.45) is 9.47. The number of aliphatic hydroxyl groups is 2. The number of aryl methyl sites for hydroxylation is 2. The molecule has 4 aromatic rings. The zero-order valence-corrected chi connectivity index (χ0v) is 36.0. The minimum atomic E-state index is 0.0702. The van der Waals surface area contributed by atoms with Gasteiger partial charge in [0.1, 0.15) is 11.6 Å². The van der Waals surface area contributed by atoms with Gasteiger partial charge < -0.3 is 29.1 Å². The lowest BCUT2D eigenvalue weighted by molar-refractivity contribution is -0.127. The second kappa shape index (κ2) is 16.1. The number of benzene rings is 2. The second-order valence-electron chi connectivity index (χ2n) is 18.3. The van der Waals surface area contributed by atoms with E-state index in [1.165, 1.54) is 55.9 Å². The largest absolute Gasteiger partial charge is 0.396 e. The van der Waals surface area contributed by atoms with E-state index in [0.717, 1.165) is 57.5 Å². The highest BCUT2D eigenvalue weighted by atomic mass is 79.9. The van der Waals surface area contributed by atoms with Crippen LogP contribution in [-0.4, -0.2) is 93.2 Å². The number of aliphatic hydroxyl groups excluding tert-OH is 2. The van der Waals surface area contributed by atoms with E-state index < -0.39 is 0 Å². The summed E-state index contributed by atoms with van der Waals surface area (Å²) in [4.78, 5) is 30.9. The summed E-state index contributed by atoms with van der Waals surface area (Å²) in [6, 6.07) is 14.4. The smallest absolute Gasteiger partial charge is 0.137 e. The van der Waals surface area contributed by atoms with Crippen molar-refractivity contribution in [3.05, 3.63) is 68.9 Å². The van der Waals surface area contributed by atoms with Gasteiger partial charge >= 0.3 is 0 Å². The molecule has 9 heteroatoms. The zero-order valence-electron chi connectivity index (χ0n) is 34.4. The Kier molecular flexibility index (Phi) is 11.5. The molecule has 302 valence electrons. The van der Waals surface area contributed by atoms with Crippen LogP contribution >= 0.6 is 15.9 Å². The van der Waals surface area contributed by atoms with Gasteiger partial charge in [-0.25, -0.2) is 0 Å². The first kappa shape index (κ1) is 40.0. The summed E-state index contributed by atoms with van der Waals surface area (Å²) >= 11 is 3.80. The summed E-state index contributed by atoms with van der Waals surface area (Å²) < 4.78 is 5.88. The van der Waals surface area contributed by atoms with Crippen LogP contribution in [0.4, 0.5) is 0 Å². The molecule has 0 bridgehead atoms. The van der Waals surface area contributed by atoms with Crippen molar-refractivity contribution in [1.29, 1.82) is 0 Å². The molecule has 8 atom stereocenters. The van der Waals surface area contributed by atoms with Gasteiger partial charge in [-0.05, 0) is 121 Å². The van der Waals surface area contributed by atoms with Gasteiger partial charge in [-0.2, -0.15) is 0 Å². The summed E-state index contributed by atoms with van der Waals surface area (Å²) in [7, 11) is 8.74. The minimum absolute atomic E-state index is 0.0702. The maximum Gasteiger partial charge on any atom is 0.137 e. The SMILES string of the molecule is CCC(CO)CC(=O)C1CC2c3cccc4c3c(c(Br)n4C)C[C@H]2N(C)C1.CCC(CO)CC(=O)C1CC2c3cccc4c3c(c(C3CC3)n4C)C[C@H]2N(C)C1. The lowest BCUT2D eigenvalue weighted by atomic mass is 9.70. The summed E-state index contributed by atoms with van der Waals surface area (Å²) in [5.74, 6) is 2.63. The third-order valence-electron chi connectivity index (χ3n) is 15.0. The van der Waals surface area contributed by atoms with E-state index in [1.54, 1.807) is 11.3 Å². The van der Waals surface area contributed by atoms with Crippen molar-refractivity contribution in [2.24, 2.45) is 37.8 Å². The van der Waals surface area contributed by atoms with Crippen LogP contribution in [0.3, 0.4) is 0 Å². The van der Waals surface area contributed by atoms with Crippen molar-refractivity contribution in [2.45, 2.75) is 108 Å². The lowest BCUT2D eigenvalue weighted by Crippen LogP contribution is -2.49. The molecule has 8 nitrogen and oxygen atoms in total. The second-order valence-corrected chi connectivity index (χ2v) is 19.0. The van der Waals surface area contributed by atoms with Crippen molar-refractivity contribution in [3.63, 3.8) is 0 Å². The maximum atomic E-state index is 13.0. The Labute approximate surface area is 341 Å². The predicted molar refractivity (Wildman–Crippen MR) is 228 cm³/mol. The Balaban J connectivity index is 0.000000158. The Morgan fingerprint density at radius 2 is 1.18 bits per heavy atom. The number of aromatic nitrogens is 2. The Morgan fingerprint density at radius 1 is 0.714 bits per heavy atom. The lowest BCUT2D eigenvalue weighted by Gasteiger charge is -2.45. The molecule has 3 aliphatic carbocycles. The van der Waals surface area contributed by atoms with Crippen molar-refractivity contribution in [3.8, 4) is 0 Å². The van der Waals surface area contributed by atoms with E-state index in [9.17, 15) is 19.8 Å². The molecule has 6 unspecified atom stereocenters. The number of likely N-dealkylation sites (tertiary alicyclic amines) is 2. The molecule has 5 aliphatic rings. The van der Waals surface area contributed by atoms with Crippen LogP contribution in [0.1, 0.15) is 111 Å². The van der Waals surface area contributed by atoms with Gasteiger partial charge in [0.2, 0.25) is 0 Å². The molecule has 0 amide bonds. The highest BCUT2D eigenvalue weighted by Gasteiger charge is 2.45. The Bertz CT molecular complexity index is 2110. The van der Waals surface area contributed by atoms with Crippen molar-refractivity contribution in [1.82, 2.24) is 18.9 Å². The number of Topliss-reactive ketones (excluding diaryl/α,β-unsaturated/α-hetero) is 2. The quantitative estimate of drug-likeness (QED) is 0.160. The molecule has 56 heavy (non-hydrogen) atoms. The number of nitrogens with zero attached hydrogens (tertiary/aromatic N) is 4. The number of piperidine rings is 2. The molecule has 1 saturated carbocycles. The van der Waals surface area contributed by atoms with Crippen molar-refractivity contribution in [2.75, 3.05) is 40.4 Å². The third-order valence-corrected chi connectivity index (χ3v) is 16.0. The molecular formula is C47H63BrN4O4. The van der Waals surface area contributed by atoms with Crippen LogP contribution in [0.5, 0.6) is 0 Å². The number of hydrogen-bond donors (Lipinski definition) is 2. The Morgan fingerprint density at radius 3 is 1.64 bits per heavy atom. The molecule has 0 radical (unpaired) electrons. The van der Waals surface area contributed by atoms with Crippen molar-refractivity contribution >= 4 is 49.3 Å². The first-order chi connectivity index (χ1) is 27.0. The van der Waals surface area contributed by atoms with Crippen LogP contribution < -0.4 is 0 Å². The molecule has 3 fully saturated rings. The van der Waals surface area contributed by atoms with E-state index in [-0.39, 0.29) is 36.9 Å². The normalized spacial score (nSPS) is 27.0. The zero-order chi connectivity index (χ0) is 39.6. The monoisotopic (exact) mass is 826 g/mol. The number of likely N-dealkylation sites (N-methyl/N-ethyl adjacent to an activating group) is 2. The summed E-state index contributed by atoms with van der Waals surface area (Å²) in [5, 5.41) is 21.9. The van der Waals surface area contributed by atoms with Gasteiger partial charge in [0.05, 0.1) is 4.60 Å². The average Bonchev–Trinajstić information content (AvgIpc) is 3.97. The summed E-state index contributed by atoms with van der Waals surface area (Å²) in [6.45, 7) is 6.03. The molecule has 2 saturated heterocycles. The third kappa shape index (κ3) is 6.95. The molecule has 9 rings (SSSR count). The maximum absolute atomic E-state index is 13.0. The highest BCUT2D eigenvalue weighted by molar-refractivity contribution is 9.10. The van der Waals surface area contributed by atoms with Gasteiger partial charge in [-0.15, -0.1) is 0 Å². The molecule has 0 spiro atoms. The topological polar surface area (TPSA) is 90.9 Å². The fourth-order valence-electron chi connectivity index (χ4n) is 11.5. The van der Waals surface area contributed by atoms with Crippen LogP contribution in [0.2, 0.25) is 0 Å². The number of carbonyl (C=O) groups is 2. The van der Waals surface area contributed by atoms with E-state index >= 15 is 0 Å². The number of hydrogen-bond acceptors (Lipinski definition) is 6. The standard InChI is InChI=1S/C25H34N2O2.C22H29BrN2O2/c1-4-15(14-28)10-23(29)17-11-19-18-6-5-7-21-24(18)20(12-22(19)26(2)13-17)25(27(21)3)16-8-9-16;1-4-13(12-26)8-20(27)14-9-16-15-6-5-7-18-21(15)17(22(23)25(18)3)10-19(16)24(2)11-14/h5-7,15-17,19,22,28H,4,8-14H2,1-3H3;5-7,13-14,16,19,26H,4,8-12H2,1-3H3/t15?,17?,19?,22-;13?,14?,16?,19-/m11/s1. The van der Waals surface area contributed by atoms with Gasteiger partial charge in [-0.1, -0.05) is 51.0 Å². The fourth-order valence-corrected chi connectivity index (χ4v) is 12.0. The minimum Gasteiger partial charge on any atom is -0.396 e. The molecule has 2 aromatic carbocycles. The van der Waals surface area contributed by atoms with Crippen molar-refractivity contribution < 1.29 is 19.8 Å². The van der Waals surface area contributed by atoms with Gasteiger partial charge in [0.25, 0.3) is 0 Å². The molecule has 4 heterocycles. The van der Waals surface area contributed by atoms with E-state index in [4.69, 9.17) is 0 Å². The number of ketones is 2. The number of halogens is 1. The molecular weight excluding hydrogens is 764 g/mol. The van der Waals surface area contributed by atoms with E-state index in [2.05, 4.69) is 106 Å². The van der Waals surface area contributed by atoms with Gasteiger partial charge in [0, 0.05) is 116 Å². The van der Waals surface area contributed by atoms with Gasteiger partial charge in [-0.3, -0.25) is 9.59 Å². The van der Waals surface area contributed by atoms with Crippen LogP contribution in [-0.2, 0) is 36.5 Å². The first-order valence-corrected chi connectivity index (χ1v) is 22.3. The van der Waals surface area contributed by atoms with Crippen LogP contribution in [0, 0.1) is 23.7 Å². The molecule has 2 aromatic heterocycles. The van der Waals surface area contributed by atoms with Crippen LogP contribution in [0.15, 0.2) is 41.0 Å². The average molecular weight is 828 g/mol. The van der Waals surface area contributed by atoms with E-state index in [0.29, 0.717) is 48.3 Å². The number of carbonyl (C=O) groups excluding carboxylic acids is 2. The summed E-state index contributed by atoms with van der Waals surface area (Å²) in [5.41, 5.74) is 10.1. The number of rotatable bonds is 11. The highest BCUT2D eigenvalue weighted by Crippen LogP contribution is 2.52. The van der Waals surface area contributed by atoms with Gasteiger partial charge in [0.15, 0.2) is 0 Å². The first-order valence-electron chi connectivity index (χ1n) is 21.5. The molecule has 2 aliphatic heterocycles. The predicted octanol–water partition coefficient (Wildman–Crippen LogP) is 7.87. The fraction of sp³-hybridized carbons (Fsp3) is 0.617. The molecule has 2 N–H and O–H groups in total. The van der Waals surface area contributed by atoms with E-state index in [1.807, 2.05) is 6.92 Å².